The molecule has 0 fully saturated rings. The SMILES string of the molecule is CC(CC(Br)c1ccc2c(c1)OCCO2)CC(C)(C)C. The zero-order chi connectivity index (χ0) is 14.8. The predicted octanol–water partition coefficient (Wildman–Crippen LogP) is 5.36. The Morgan fingerprint density at radius 2 is 1.80 bits per heavy atom. The number of fused-ring (bicyclic) bond motifs is 1. The topological polar surface area (TPSA) is 18.5 Å². The molecule has 0 N–H and O–H groups in total. The highest BCUT2D eigenvalue weighted by atomic mass is 79.9. The quantitative estimate of drug-likeness (QED) is 0.687. The fraction of sp³-hybridized carbons (Fsp3) is 0.647. The van der Waals surface area contributed by atoms with Gasteiger partial charge in [0.15, 0.2) is 11.5 Å². The summed E-state index contributed by atoms with van der Waals surface area (Å²) in [4.78, 5) is 0.371. The monoisotopic (exact) mass is 340 g/mol. The molecule has 1 aliphatic rings. The lowest BCUT2D eigenvalue weighted by Gasteiger charge is -2.25. The summed E-state index contributed by atoms with van der Waals surface area (Å²) in [6, 6.07) is 6.26. The van der Waals surface area contributed by atoms with Crippen molar-refractivity contribution in [2.24, 2.45) is 11.3 Å². The number of ether oxygens (including phenoxy) is 2. The van der Waals surface area contributed by atoms with Crippen LogP contribution in [0.5, 0.6) is 11.5 Å². The first-order valence-corrected chi connectivity index (χ1v) is 8.30. The van der Waals surface area contributed by atoms with Gasteiger partial charge in [-0.1, -0.05) is 49.7 Å². The summed E-state index contributed by atoms with van der Waals surface area (Å²) in [5.74, 6) is 2.43. The van der Waals surface area contributed by atoms with Gasteiger partial charge < -0.3 is 9.47 Å². The van der Waals surface area contributed by atoms with Gasteiger partial charge in [-0.2, -0.15) is 0 Å². The first kappa shape index (κ1) is 15.7. The molecule has 2 unspecified atom stereocenters. The van der Waals surface area contributed by atoms with Gasteiger partial charge in [-0.25, -0.2) is 0 Å². The average molecular weight is 341 g/mol. The lowest BCUT2D eigenvalue weighted by atomic mass is 9.83. The summed E-state index contributed by atoms with van der Waals surface area (Å²) >= 11 is 3.83. The van der Waals surface area contributed by atoms with Crippen LogP contribution in [0.3, 0.4) is 0 Å². The van der Waals surface area contributed by atoms with Crippen molar-refractivity contribution in [3.8, 4) is 11.5 Å². The molecule has 0 amide bonds. The van der Waals surface area contributed by atoms with Crippen molar-refractivity contribution in [3.05, 3.63) is 23.8 Å². The maximum atomic E-state index is 5.65. The van der Waals surface area contributed by atoms with E-state index in [1.807, 2.05) is 6.07 Å². The second kappa shape index (κ2) is 6.38. The van der Waals surface area contributed by atoms with E-state index in [0.29, 0.717) is 29.4 Å². The molecule has 1 aromatic carbocycles. The molecular weight excluding hydrogens is 316 g/mol. The van der Waals surface area contributed by atoms with Gasteiger partial charge in [0.1, 0.15) is 13.2 Å². The number of hydrogen-bond donors (Lipinski definition) is 0. The van der Waals surface area contributed by atoms with Crippen LogP contribution in [0.4, 0.5) is 0 Å². The van der Waals surface area contributed by atoms with E-state index in [2.05, 4.69) is 55.8 Å². The Balaban J connectivity index is 2.00. The van der Waals surface area contributed by atoms with Gasteiger partial charge in [-0.3, -0.25) is 0 Å². The molecule has 0 saturated carbocycles. The summed E-state index contributed by atoms with van der Waals surface area (Å²) in [5, 5.41) is 0. The first-order chi connectivity index (χ1) is 9.35. The Labute approximate surface area is 131 Å². The first-order valence-electron chi connectivity index (χ1n) is 7.39. The van der Waals surface area contributed by atoms with Crippen molar-refractivity contribution in [1.29, 1.82) is 0 Å². The molecule has 2 rings (SSSR count). The number of alkyl halides is 1. The van der Waals surface area contributed by atoms with Gasteiger partial charge in [0, 0.05) is 4.83 Å². The van der Waals surface area contributed by atoms with Crippen molar-refractivity contribution in [2.75, 3.05) is 13.2 Å². The molecule has 2 nitrogen and oxygen atoms in total. The Morgan fingerprint density at radius 3 is 2.45 bits per heavy atom. The second-order valence-corrected chi connectivity index (χ2v) is 8.08. The van der Waals surface area contributed by atoms with E-state index in [0.717, 1.165) is 17.9 Å². The van der Waals surface area contributed by atoms with Gasteiger partial charge in [0.25, 0.3) is 0 Å². The van der Waals surface area contributed by atoms with Crippen LogP contribution in [0.25, 0.3) is 0 Å². The minimum absolute atomic E-state index is 0.371. The van der Waals surface area contributed by atoms with Crippen LogP contribution in [-0.4, -0.2) is 13.2 Å². The van der Waals surface area contributed by atoms with E-state index in [9.17, 15) is 0 Å². The maximum absolute atomic E-state index is 5.65. The predicted molar refractivity (Wildman–Crippen MR) is 87.0 cm³/mol. The van der Waals surface area contributed by atoms with Gasteiger partial charge >= 0.3 is 0 Å². The zero-order valence-corrected chi connectivity index (χ0v) is 14.5. The molecule has 112 valence electrons. The Morgan fingerprint density at radius 1 is 1.15 bits per heavy atom. The highest BCUT2D eigenvalue weighted by Gasteiger charge is 2.20. The van der Waals surface area contributed by atoms with Crippen LogP contribution < -0.4 is 9.47 Å². The standard InChI is InChI=1S/C17H25BrO2/c1-12(11-17(2,3)4)9-14(18)13-5-6-15-16(10-13)20-8-7-19-15/h5-6,10,12,14H,7-9,11H2,1-4H3. The van der Waals surface area contributed by atoms with E-state index < -0.39 is 0 Å². The van der Waals surface area contributed by atoms with E-state index in [4.69, 9.17) is 9.47 Å². The van der Waals surface area contributed by atoms with Crippen molar-refractivity contribution in [2.45, 2.75) is 45.4 Å². The van der Waals surface area contributed by atoms with E-state index in [-0.39, 0.29) is 0 Å². The van der Waals surface area contributed by atoms with Crippen molar-refractivity contribution in [3.63, 3.8) is 0 Å². The third-order valence-corrected chi connectivity index (χ3v) is 4.40. The second-order valence-electron chi connectivity index (χ2n) is 6.98. The van der Waals surface area contributed by atoms with Crippen LogP contribution in [-0.2, 0) is 0 Å². The average Bonchev–Trinajstić information content (AvgIpc) is 2.35. The maximum Gasteiger partial charge on any atom is 0.161 e. The zero-order valence-electron chi connectivity index (χ0n) is 12.9. The van der Waals surface area contributed by atoms with Crippen LogP contribution >= 0.6 is 15.9 Å². The van der Waals surface area contributed by atoms with Crippen LogP contribution in [0.2, 0.25) is 0 Å². The summed E-state index contributed by atoms with van der Waals surface area (Å²) < 4.78 is 11.2. The molecule has 1 aromatic rings. The number of benzene rings is 1. The van der Waals surface area contributed by atoms with Gasteiger partial charge in [0.05, 0.1) is 0 Å². The van der Waals surface area contributed by atoms with Crippen molar-refractivity contribution < 1.29 is 9.47 Å². The highest BCUT2D eigenvalue weighted by Crippen LogP contribution is 2.39. The Kier molecular flexibility index (Phi) is 5.00. The Hall–Kier alpha value is -0.700. The van der Waals surface area contributed by atoms with Gasteiger partial charge in [-0.15, -0.1) is 0 Å². The molecule has 1 aliphatic heterocycles. The lowest BCUT2D eigenvalue weighted by molar-refractivity contribution is 0.171. The summed E-state index contributed by atoms with van der Waals surface area (Å²) in [6.45, 7) is 10.5. The molecule has 1 heterocycles. The van der Waals surface area contributed by atoms with Crippen LogP contribution in [0.15, 0.2) is 18.2 Å². The molecule has 0 bridgehead atoms. The van der Waals surface area contributed by atoms with Crippen molar-refractivity contribution in [1.82, 2.24) is 0 Å². The number of rotatable bonds is 4. The molecule has 0 aliphatic carbocycles. The molecule has 0 aromatic heterocycles. The minimum Gasteiger partial charge on any atom is -0.486 e. The molecule has 0 radical (unpaired) electrons. The highest BCUT2D eigenvalue weighted by molar-refractivity contribution is 9.09. The fourth-order valence-electron chi connectivity index (χ4n) is 2.87. The third-order valence-electron chi connectivity index (χ3n) is 3.50. The Bertz CT molecular complexity index is 451. The van der Waals surface area contributed by atoms with Gasteiger partial charge in [0.2, 0.25) is 0 Å². The number of halogens is 1. The van der Waals surface area contributed by atoms with E-state index in [1.54, 1.807) is 0 Å². The molecule has 0 saturated heterocycles. The fourth-order valence-corrected chi connectivity index (χ4v) is 3.80. The smallest absolute Gasteiger partial charge is 0.161 e. The van der Waals surface area contributed by atoms with E-state index in [1.165, 1.54) is 12.0 Å². The van der Waals surface area contributed by atoms with Crippen molar-refractivity contribution >= 4 is 15.9 Å². The minimum atomic E-state index is 0.371. The van der Waals surface area contributed by atoms with E-state index >= 15 is 0 Å². The summed E-state index contributed by atoms with van der Waals surface area (Å²) in [5.41, 5.74) is 1.66. The molecular formula is C17H25BrO2. The third kappa shape index (κ3) is 4.41. The molecule has 20 heavy (non-hydrogen) atoms. The number of hydrogen-bond acceptors (Lipinski definition) is 2. The normalized spacial score (nSPS) is 17.6. The van der Waals surface area contributed by atoms with Gasteiger partial charge in [-0.05, 0) is 41.9 Å². The molecule has 3 heteroatoms. The summed E-state index contributed by atoms with van der Waals surface area (Å²) in [6.07, 6.45) is 2.37. The largest absolute Gasteiger partial charge is 0.486 e. The molecule has 2 atom stereocenters. The summed E-state index contributed by atoms with van der Waals surface area (Å²) in [7, 11) is 0. The van der Waals surface area contributed by atoms with Crippen LogP contribution in [0.1, 0.15) is 50.9 Å². The molecule has 0 spiro atoms. The lowest BCUT2D eigenvalue weighted by Crippen LogP contribution is -2.15. The van der Waals surface area contributed by atoms with Crippen LogP contribution in [0, 0.1) is 11.3 Å².